The van der Waals surface area contributed by atoms with Crippen molar-refractivity contribution in [2.75, 3.05) is 26.7 Å². The second-order valence-electron chi connectivity index (χ2n) is 7.29. The molecule has 0 spiro atoms. The summed E-state index contributed by atoms with van der Waals surface area (Å²) in [6, 6.07) is 8.43. The Balaban J connectivity index is 0.00000225. The predicted octanol–water partition coefficient (Wildman–Crippen LogP) is 3.81. The van der Waals surface area contributed by atoms with E-state index < -0.39 is 0 Å². The third kappa shape index (κ3) is 4.89. The van der Waals surface area contributed by atoms with Gasteiger partial charge in [-0.1, -0.05) is 19.1 Å². The van der Waals surface area contributed by atoms with Crippen molar-refractivity contribution in [2.45, 2.75) is 45.1 Å². The topological polar surface area (TPSA) is 41.6 Å². The van der Waals surface area contributed by atoms with Crippen molar-refractivity contribution in [3.63, 3.8) is 0 Å². The van der Waals surface area contributed by atoms with Gasteiger partial charge < -0.3 is 15.0 Å². The lowest BCUT2D eigenvalue weighted by atomic mass is 9.84. The second-order valence-corrected chi connectivity index (χ2v) is 7.29. The van der Waals surface area contributed by atoms with E-state index in [-0.39, 0.29) is 18.4 Å². The lowest BCUT2D eigenvalue weighted by Gasteiger charge is -2.31. The zero-order valence-corrected chi connectivity index (χ0v) is 16.2. The summed E-state index contributed by atoms with van der Waals surface area (Å²) in [5.41, 5.74) is 1.23. The third-order valence-corrected chi connectivity index (χ3v) is 5.76. The second kappa shape index (κ2) is 9.44. The Labute approximate surface area is 157 Å². The minimum atomic E-state index is 0. The summed E-state index contributed by atoms with van der Waals surface area (Å²) in [6.07, 6.45) is 5.27. The molecular weight excluding hydrogens is 336 g/mol. The van der Waals surface area contributed by atoms with Crippen LogP contribution in [-0.2, 0) is 4.79 Å². The molecular formula is C20H31ClN2O2. The molecule has 1 N–H and O–H groups in total. The Morgan fingerprint density at radius 3 is 2.56 bits per heavy atom. The van der Waals surface area contributed by atoms with Crippen LogP contribution in [0.25, 0.3) is 0 Å². The maximum Gasteiger partial charge on any atom is 0.223 e. The first-order chi connectivity index (χ1) is 11.7. The van der Waals surface area contributed by atoms with Crippen LogP contribution >= 0.6 is 12.4 Å². The Kier molecular flexibility index (Phi) is 7.57. The van der Waals surface area contributed by atoms with Gasteiger partial charge >= 0.3 is 0 Å². The molecule has 0 saturated carbocycles. The molecule has 2 fully saturated rings. The molecule has 4 nitrogen and oxygen atoms in total. The summed E-state index contributed by atoms with van der Waals surface area (Å²) in [6.45, 7) is 5.35. The fourth-order valence-corrected chi connectivity index (χ4v) is 4.21. The number of ether oxygens (including phenoxy) is 1. The van der Waals surface area contributed by atoms with E-state index in [9.17, 15) is 4.79 Å². The average Bonchev–Trinajstić information content (AvgIpc) is 3.12. The maximum atomic E-state index is 12.9. The number of halogens is 1. The number of benzene rings is 1. The van der Waals surface area contributed by atoms with Crippen LogP contribution in [0, 0.1) is 11.8 Å². The summed E-state index contributed by atoms with van der Waals surface area (Å²) in [7, 11) is 1.68. The number of hydrogen-bond acceptors (Lipinski definition) is 3. The van der Waals surface area contributed by atoms with Crippen molar-refractivity contribution in [3.8, 4) is 5.75 Å². The molecule has 1 aromatic rings. The maximum absolute atomic E-state index is 12.9. The molecule has 2 atom stereocenters. The fourth-order valence-electron chi connectivity index (χ4n) is 4.21. The Morgan fingerprint density at radius 2 is 1.92 bits per heavy atom. The average molecular weight is 367 g/mol. The van der Waals surface area contributed by atoms with Gasteiger partial charge in [0.1, 0.15) is 5.75 Å². The van der Waals surface area contributed by atoms with Gasteiger partial charge in [0.15, 0.2) is 0 Å². The highest BCUT2D eigenvalue weighted by atomic mass is 35.5. The molecule has 3 rings (SSSR count). The van der Waals surface area contributed by atoms with Gasteiger partial charge in [-0.15, -0.1) is 12.4 Å². The number of nitrogens with zero attached hydrogens (tertiary/aromatic N) is 1. The highest BCUT2D eigenvalue weighted by molar-refractivity contribution is 5.85. The largest absolute Gasteiger partial charge is 0.497 e. The number of hydrogen-bond donors (Lipinski definition) is 1. The first kappa shape index (κ1) is 20.1. The summed E-state index contributed by atoms with van der Waals surface area (Å²) >= 11 is 0. The van der Waals surface area contributed by atoms with Crippen LogP contribution in [0.1, 0.15) is 50.6 Å². The molecule has 2 aliphatic heterocycles. The Bertz CT molecular complexity index is 543. The van der Waals surface area contributed by atoms with E-state index in [1.165, 1.54) is 18.4 Å². The van der Waals surface area contributed by atoms with E-state index in [0.29, 0.717) is 24.2 Å². The molecule has 2 unspecified atom stereocenters. The smallest absolute Gasteiger partial charge is 0.223 e. The van der Waals surface area contributed by atoms with Crippen molar-refractivity contribution in [2.24, 2.45) is 11.8 Å². The number of carbonyl (C=O) groups is 1. The highest BCUT2D eigenvalue weighted by Gasteiger charge is 2.32. The minimum Gasteiger partial charge on any atom is -0.497 e. The molecule has 0 bridgehead atoms. The lowest BCUT2D eigenvalue weighted by Crippen LogP contribution is -2.35. The van der Waals surface area contributed by atoms with Crippen molar-refractivity contribution >= 4 is 18.3 Å². The van der Waals surface area contributed by atoms with Crippen molar-refractivity contribution in [1.29, 1.82) is 0 Å². The highest BCUT2D eigenvalue weighted by Crippen LogP contribution is 2.34. The van der Waals surface area contributed by atoms with Crippen LogP contribution in [0.2, 0.25) is 0 Å². The SMILES string of the molecule is COc1ccc(C2CCCN2C(=O)CC(C)C2CCNCC2)cc1.Cl. The van der Waals surface area contributed by atoms with Gasteiger partial charge in [-0.3, -0.25) is 4.79 Å². The standard InChI is InChI=1S/C20H30N2O2.ClH/c1-15(16-9-11-21-12-10-16)14-20(23)22-13-3-4-19(22)17-5-7-18(24-2)8-6-17;/h5-8,15-16,19,21H,3-4,9-14H2,1-2H3;1H. The minimum absolute atomic E-state index is 0. The number of methoxy groups -OCH3 is 1. The van der Waals surface area contributed by atoms with Crippen LogP contribution in [0.3, 0.4) is 0 Å². The number of nitrogens with one attached hydrogen (secondary N) is 1. The van der Waals surface area contributed by atoms with Gasteiger partial charge in [-0.05, 0) is 68.3 Å². The molecule has 0 aliphatic carbocycles. The monoisotopic (exact) mass is 366 g/mol. The van der Waals surface area contributed by atoms with Gasteiger partial charge in [0, 0.05) is 13.0 Å². The molecule has 2 aliphatic rings. The van der Waals surface area contributed by atoms with Crippen LogP contribution in [0.15, 0.2) is 24.3 Å². The molecule has 25 heavy (non-hydrogen) atoms. The first-order valence-electron chi connectivity index (χ1n) is 9.33. The Hall–Kier alpha value is -1.26. The van der Waals surface area contributed by atoms with E-state index >= 15 is 0 Å². The van der Waals surface area contributed by atoms with E-state index in [1.54, 1.807) is 7.11 Å². The van der Waals surface area contributed by atoms with Crippen LogP contribution in [-0.4, -0.2) is 37.6 Å². The van der Waals surface area contributed by atoms with Gasteiger partial charge in [0.25, 0.3) is 0 Å². The zero-order valence-electron chi connectivity index (χ0n) is 15.4. The summed E-state index contributed by atoms with van der Waals surface area (Å²) in [5.74, 6) is 2.38. The van der Waals surface area contributed by atoms with Gasteiger partial charge in [-0.25, -0.2) is 0 Å². The molecule has 5 heteroatoms. The summed E-state index contributed by atoms with van der Waals surface area (Å²) < 4.78 is 5.24. The quantitative estimate of drug-likeness (QED) is 0.861. The van der Waals surface area contributed by atoms with Crippen LogP contribution in [0.5, 0.6) is 5.75 Å². The first-order valence-corrected chi connectivity index (χ1v) is 9.33. The number of likely N-dealkylation sites (tertiary alicyclic amines) is 1. The van der Waals surface area contributed by atoms with Gasteiger partial charge in [0.05, 0.1) is 13.2 Å². The fraction of sp³-hybridized carbons (Fsp3) is 0.650. The van der Waals surface area contributed by atoms with Crippen LogP contribution < -0.4 is 10.1 Å². The van der Waals surface area contributed by atoms with E-state index in [1.807, 2.05) is 12.1 Å². The zero-order chi connectivity index (χ0) is 16.9. The van der Waals surface area contributed by atoms with Gasteiger partial charge in [-0.2, -0.15) is 0 Å². The van der Waals surface area contributed by atoms with Crippen molar-refractivity contribution < 1.29 is 9.53 Å². The van der Waals surface area contributed by atoms with Crippen molar-refractivity contribution in [1.82, 2.24) is 10.2 Å². The summed E-state index contributed by atoms with van der Waals surface area (Å²) in [4.78, 5) is 15.0. The number of amides is 1. The molecule has 0 radical (unpaired) electrons. The molecule has 1 aromatic carbocycles. The number of carbonyl (C=O) groups excluding carboxylic acids is 1. The van der Waals surface area contributed by atoms with Gasteiger partial charge in [0.2, 0.25) is 5.91 Å². The molecule has 2 heterocycles. The molecule has 140 valence electrons. The third-order valence-electron chi connectivity index (χ3n) is 5.76. The van der Waals surface area contributed by atoms with Crippen molar-refractivity contribution in [3.05, 3.63) is 29.8 Å². The van der Waals surface area contributed by atoms with E-state index in [2.05, 4.69) is 29.3 Å². The molecule has 2 saturated heterocycles. The number of rotatable bonds is 5. The number of piperidine rings is 1. The normalized spacial score (nSPS) is 22.3. The van der Waals surface area contributed by atoms with Crippen LogP contribution in [0.4, 0.5) is 0 Å². The summed E-state index contributed by atoms with van der Waals surface area (Å²) in [5, 5.41) is 3.41. The van der Waals surface area contributed by atoms with E-state index in [0.717, 1.165) is 38.2 Å². The van der Waals surface area contributed by atoms with E-state index in [4.69, 9.17) is 4.74 Å². The lowest BCUT2D eigenvalue weighted by molar-refractivity contribution is -0.133. The molecule has 0 aromatic heterocycles. The molecule has 1 amide bonds. The predicted molar refractivity (Wildman–Crippen MR) is 103 cm³/mol. The Morgan fingerprint density at radius 1 is 1.24 bits per heavy atom.